The van der Waals surface area contributed by atoms with E-state index in [1.807, 2.05) is 0 Å². The molecule has 17 heavy (non-hydrogen) atoms. The molecular weight excluding hydrogens is 236 g/mol. The molecule has 2 rings (SSSR count). The molecule has 3 N–H and O–H groups in total. The van der Waals surface area contributed by atoms with Gasteiger partial charge in [-0.15, -0.1) is 12.4 Å². The van der Waals surface area contributed by atoms with Gasteiger partial charge in [-0.25, -0.2) is 0 Å². The highest BCUT2D eigenvalue weighted by Crippen LogP contribution is 2.28. The van der Waals surface area contributed by atoms with Gasteiger partial charge in [0.15, 0.2) is 0 Å². The molecule has 2 aliphatic rings. The second-order valence-electron chi connectivity index (χ2n) is 5.44. The molecule has 100 valence electrons. The lowest BCUT2D eigenvalue weighted by atomic mass is 9.81. The van der Waals surface area contributed by atoms with Crippen LogP contribution in [0.15, 0.2) is 0 Å². The molecule has 0 aromatic rings. The van der Waals surface area contributed by atoms with Crippen LogP contribution in [0.2, 0.25) is 0 Å². The van der Waals surface area contributed by atoms with E-state index in [0.717, 1.165) is 32.2 Å². The molecule has 0 unspecified atom stereocenters. The van der Waals surface area contributed by atoms with Crippen molar-refractivity contribution in [1.82, 2.24) is 5.32 Å². The molecule has 0 aromatic heterocycles. The molecule has 1 amide bonds. The van der Waals surface area contributed by atoms with E-state index < -0.39 is 0 Å². The van der Waals surface area contributed by atoms with Gasteiger partial charge in [0, 0.05) is 12.0 Å². The van der Waals surface area contributed by atoms with Gasteiger partial charge in [-0.1, -0.05) is 12.8 Å². The van der Waals surface area contributed by atoms with Crippen molar-refractivity contribution in [3.05, 3.63) is 0 Å². The van der Waals surface area contributed by atoms with Gasteiger partial charge < -0.3 is 11.1 Å². The normalized spacial score (nSPS) is 29.7. The third kappa shape index (κ3) is 4.14. The molecule has 0 saturated heterocycles. The second-order valence-corrected chi connectivity index (χ2v) is 5.44. The molecular formula is C13H25ClN2O. The fraction of sp³-hybridized carbons (Fsp3) is 0.923. The third-order valence-electron chi connectivity index (χ3n) is 4.25. The van der Waals surface area contributed by atoms with E-state index in [1.165, 1.54) is 25.7 Å². The van der Waals surface area contributed by atoms with Crippen LogP contribution in [0.3, 0.4) is 0 Å². The number of hydrogen-bond donors (Lipinski definition) is 2. The van der Waals surface area contributed by atoms with Crippen LogP contribution in [0, 0.1) is 11.8 Å². The monoisotopic (exact) mass is 260 g/mol. The Balaban J connectivity index is 0.00000144. The quantitative estimate of drug-likeness (QED) is 0.818. The molecule has 0 aliphatic heterocycles. The van der Waals surface area contributed by atoms with Crippen LogP contribution in [0.25, 0.3) is 0 Å². The molecule has 2 aliphatic carbocycles. The zero-order chi connectivity index (χ0) is 11.4. The zero-order valence-electron chi connectivity index (χ0n) is 10.5. The highest BCUT2D eigenvalue weighted by atomic mass is 35.5. The summed E-state index contributed by atoms with van der Waals surface area (Å²) in [5.74, 6) is 1.24. The molecule has 0 heterocycles. The van der Waals surface area contributed by atoms with Crippen LogP contribution in [0.5, 0.6) is 0 Å². The summed E-state index contributed by atoms with van der Waals surface area (Å²) in [5, 5.41) is 3.21. The smallest absolute Gasteiger partial charge is 0.223 e. The van der Waals surface area contributed by atoms with Crippen LogP contribution in [0.4, 0.5) is 0 Å². The molecule has 4 heteroatoms. The minimum absolute atomic E-state index is 0. The summed E-state index contributed by atoms with van der Waals surface area (Å²) in [5.41, 5.74) is 5.66. The lowest BCUT2D eigenvalue weighted by Crippen LogP contribution is -2.39. The van der Waals surface area contributed by atoms with Crippen LogP contribution in [-0.4, -0.2) is 18.5 Å². The summed E-state index contributed by atoms with van der Waals surface area (Å²) in [6.07, 6.45) is 9.29. The Hall–Kier alpha value is -0.280. The van der Waals surface area contributed by atoms with E-state index in [1.54, 1.807) is 0 Å². The van der Waals surface area contributed by atoms with E-state index >= 15 is 0 Å². The van der Waals surface area contributed by atoms with E-state index in [4.69, 9.17) is 5.73 Å². The van der Waals surface area contributed by atoms with Crippen molar-refractivity contribution in [3.8, 4) is 0 Å². The largest absolute Gasteiger partial charge is 0.353 e. The Labute approximate surface area is 110 Å². The van der Waals surface area contributed by atoms with E-state index in [9.17, 15) is 4.79 Å². The van der Waals surface area contributed by atoms with Crippen LogP contribution < -0.4 is 11.1 Å². The lowest BCUT2D eigenvalue weighted by molar-refractivity contribution is -0.126. The van der Waals surface area contributed by atoms with Crippen LogP contribution in [0.1, 0.15) is 51.4 Å². The summed E-state index contributed by atoms with van der Waals surface area (Å²) in [6, 6.07) is 0.472. The van der Waals surface area contributed by atoms with Gasteiger partial charge in [-0.3, -0.25) is 4.79 Å². The van der Waals surface area contributed by atoms with Crippen molar-refractivity contribution in [1.29, 1.82) is 0 Å². The number of hydrogen-bond acceptors (Lipinski definition) is 2. The minimum atomic E-state index is 0. The molecule has 0 aromatic carbocycles. The second kappa shape index (κ2) is 7.22. The summed E-state index contributed by atoms with van der Waals surface area (Å²) in [4.78, 5) is 12.0. The molecule has 2 saturated carbocycles. The molecule has 0 spiro atoms. The summed E-state index contributed by atoms with van der Waals surface area (Å²) in [7, 11) is 0. The summed E-state index contributed by atoms with van der Waals surface area (Å²) >= 11 is 0. The first kappa shape index (κ1) is 14.8. The minimum Gasteiger partial charge on any atom is -0.353 e. The highest BCUT2D eigenvalue weighted by molar-refractivity contribution is 5.85. The molecule has 3 nitrogen and oxygen atoms in total. The third-order valence-corrected chi connectivity index (χ3v) is 4.25. The van der Waals surface area contributed by atoms with Gasteiger partial charge >= 0.3 is 0 Å². The molecule has 0 atom stereocenters. The van der Waals surface area contributed by atoms with Gasteiger partial charge in [-0.05, 0) is 51.0 Å². The number of nitrogens with two attached hydrogens (primary N) is 1. The maximum atomic E-state index is 12.0. The first-order valence-electron chi connectivity index (χ1n) is 6.80. The Morgan fingerprint density at radius 3 is 2.18 bits per heavy atom. The Morgan fingerprint density at radius 2 is 1.65 bits per heavy atom. The van der Waals surface area contributed by atoms with E-state index in [2.05, 4.69) is 5.32 Å². The maximum absolute atomic E-state index is 12.0. The van der Waals surface area contributed by atoms with Gasteiger partial charge in [0.05, 0.1) is 0 Å². The first-order valence-corrected chi connectivity index (χ1v) is 6.80. The molecule has 2 fully saturated rings. The predicted molar refractivity (Wildman–Crippen MR) is 72.1 cm³/mol. The van der Waals surface area contributed by atoms with E-state index in [-0.39, 0.29) is 18.3 Å². The van der Waals surface area contributed by atoms with Crippen molar-refractivity contribution in [3.63, 3.8) is 0 Å². The van der Waals surface area contributed by atoms with Gasteiger partial charge in [0.2, 0.25) is 5.91 Å². The average molecular weight is 261 g/mol. The highest BCUT2D eigenvalue weighted by Gasteiger charge is 2.27. The van der Waals surface area contributed by atoms with Crippen molar-refractivity contribution in [2.24, 2.45) is 17.6 Å². The van der Waals surface area contributed by atoms with Gasteiger partial charge in [0.1, 0.15) is 0 Å². The molecule has 0 radical (unpaired) electrons. The number of nitrogens with one attached hydrogen (secondary N) is 1. The Bertz CT molecular complexity index is 234. The Kier molecular flexibility index (Phi) is 6.28. The summed E-state index contributed by atoms with van der Waals surface area (Å²) < 4.78 is 0. The van der Waals surface area contributed by atoms with Crippen molar-refractivity contribution >= 4 is 18.3 Å². The lowest BCUT2D eigenvalue weighted by Gasteiger charge is -2.27. The van der Waals surface area contributed by atoms with Gasteiger partial charge in [-0.2, -0.15) is 0 Å². The number of halogens is 1. The topological polar surface area (TPSA) is 55.1 Å². The molecule has 0 bridgehead atoms. The maximum Gasteiger partial charge on any atom is 0.223 e. The first-order chi connectivity index (χ1) is 7.79. The fourth-order valence-corrected chi connectivity index (χ4v) is 3.05. The predicted octanol–water partition coefficient (Wildman–Crippen LogP) is 2.23. The van der Waals surface area contributed by atoms with Crippen molar-refractivity contribution < 1.29 is 4.79 Å². The fourth-order valence-electron chi connectivity index (χ4n) is 3.05. The van der Waals surface area contributed by atoms with Crippen LogP contribution >= 0.6 is 12.4 Å². The van der Waals surface area contributed by atoms with E-state index in [0.29, 0.717) is 17.9 Å². The van der Waals surface area contributed by atoms with Crippen LogP contribution in [-0.2, 0) is 4.79 Å². The zero-order valence-corrected chi connectivity index (χ0v) is 11.3. The number of carbonyl (C=O) groups excluding carboxylic acids is 1. The van der Waals surface area contributed by atoms with Crippen molar-refractivity contribution in [2.75, 3.05) is 6.54 Å². The standard InChI is InChI=1S/C13H24N2O.ClH/c14-9-10-5-7-11(8-6-10)13(16)15-12-3-1-2-4-12;/h10-12H,1-9,14H2,(H,15,16);1H. The Morgan fingerprint density at radius 1 is 1.06 bits per heavy atom. The number of carbonyl (C=O) groups is 1. The van der Waals surface area contributed by atoms with Crippen molar-refractivity contribution in [2.45, 2.75) is 57.4 Å². The average Bonchev–Trinajstić information content (AvgIpc) is 2.82. The SMILES string of the molecule is Cl.NCC1CCC(C(=O)NC2CCCC2)CC1. The number of amides is 1. The van der Waals surface area contributed by atoms with Gasteiger partial charge in [0.25, 0.3) is 0 Å². The summed E-state index contributed by atoms with van der Waals surface area (Å²) in [6.45, 7) is 0.789. The number of rotatable bonds is 3.